The zero-order valence-electron chi connectivity index (χ0n) is 10.5. The standard InChI is InChI=1S/C13H19N3O2/c1-16-5-4-10(15-16)7-14-12-9-3-2-8(6-9)11(12)13(17)18/h4-5,8-9,11-12,14H,2-3,6-7H2,1H3,(H,17,18). The van der Waals surface area contributed by atoms with Gasteiger partial charge < -0.3 is 10.4 Å². The van der Waals surface area contributed by atoms with Crippen LogP contribution in [0, 0.1) is 17.8 Å². The highest BCUT2D eigenvalue weighted by atomic mass is 16.4. The van der Waals surface area contributed by atoms with E-state index in [0.29, 0.717) is 18.4 Å². The maximum absolute atomic E-state index is 11.4. The summed E-state index contributed by atoms with van der Waals surface area (Å²) in [5.74, 6) is 0.0849. The lowest BCUT2D eigenvalue weighted by molar-refractivity contribution is -0.144. The molecule has 0 radical (unpaired) electrons. The molecule has 3 rings (SSSR count). The third kappa shape index (κ3) is 1.92. The molecule has 2 saturated carbocycles. The number of nitrogens with zero attached hydrogens (tertiary/aromatic N) is 2. The molecular weight excluding hydrogens is 230 g/mol. The number of aliphatic carboxylic acids is 1. The van der Waals surface area contributed by atoms with Gasteiger partial charge in [-0.1, -0.05) is 0 Å². The molecule has 5 nitrogen and oxygen atoms in total. The summed E-state index contributed by atoms with van der Waals surface area (Å²) in [6, 6.07) is 2.10. The molecule has 0 saturated heterocycles. The van der Waals surface area contributed by atoms with Gasteiger partial charge in [0.1, 0.15) is 0 Å². The van der Waals surface area contributed by atoms with Crippen LogP contribution in [0.3, 0.4) is 0 Å². The topological polar surface area (TPSA) is 67.2 Å². The maximum Gasteiger partial charge on any atom is 0.308 e. The van der Waals surface area contributed by atoms with Crippen LogP contribution < -0.4 is 5.32 Å². The minimum atomic E-state index is -0.638. The molecule has 1 aromatic heterocycles. The summed E-state index contributed by atoms with van der Waals surface area (Å²) in [4.78, 5) is 11.4. The van der Waals surface area contributed by atoms with Gasteiger partial charge in [-0.3, -0.25) is 9.48 Å². The van der Waals surface area contributed by atoms with E-state index in [-0.39, 0.29) is 12.0 Å². The Kier molecular flexibility index (Phi) is 2.86. The van der Waals surface area contributed by atoms with Crippen molar-refractivity contribution in [3.8, 4) is 0 Å². The molecule has 0 amide bonds. The largest absolute Gasteiger partial charge is 0.481 e. The van der Waals surface area contributed by atoms with E-state index < -0.39 is 5.97 Å². The Labute approximate surface area is 106 Å². The predicted octanol–water partition coefficient (Wildman–Crippen LogP) is 1.01. The molecule has 0 aromatic carbocycles. The van der Waals surface area contributed by atoms with Crippen molar-refractivity contribution in [1.29, 1.82) is 0 Å². The predicted molar refractivity (Wildman–Crippen MR) is 65.8 cm³/mol. The molecule has 5 heteroatoms. The van der Waals surface area contributed by atoms with Gasteiger partial charge in [-0.25, -0.2) is 0 Å². The second-order valence-corrected chi connectivity index (χ2v) is 5.58. The number of aryl methyl sites for hydroxylation is 1. The lowest BCUT2D eigenvalue weighted by Crippen LogP contribution is -2.43. The highest BCUT2D eigenvalue weighted by molar-refractivity contribution is 5.72. The van der Waals surface area contributed by atoms with Crippen LogP contribution in [0.4, 0.5) is 0 Å². The van der Waals surface area contributed by atoms with Crippen LogP contribution in [0.2, 0.25) is 0 Å². The third-order valence-corrected chi connectivity index (χ3v) is 4.49. The molecule has 2 N–H and O–H groups in total. The van der Waals surface area contributed by atoms with Gasteiger partial charge in [-0.2, -0.15) is 5.10 Å². The Morgan fingerprint density at radius 3 is 3.00 bits per heavy atom. The van der Waals surface area contributed by atoms with E-state index in [2.05, 4.69) is 10.4 Å². The number of carboxylic acid groups (broad SMARTS) is 1. The van der Waals surface area contributed by atoms with Crippen LogP contribution in [0.25, 0.3) is 0 Å². The summed E-state index contributed by atoms with van der Waals surface area (Å²) in [5.41, 5.74) is 0.976. The monoisotopic (exact) mass is 249 g/mol. The molecule has 2 aliphatic carbocycles. The number of aromatic nitrogens is 2. The molecule has 1 heterocycles. The van der Waals surface area contributed by atoms with E-state index in [1.807, 2.05) is 19.3 Å². The first-order valence-electron chi connectivity index (χ1n) is 6.60. The van der Waals surface area contributed by atoms with Crippen molar-refractivity contribution in [3.63, 3.8) is 0 Å². The van der Waals surface area contributed by atoms with Crippen LogP contribution >= 0.6 is 0 Å². The van der Waals surface area contributed by atoms with E-state index >= 15 is 0 Å². The normalized spacial score (nSPS) is 34.1. The minimum absolute atomic E-state index is 0.128. The first kappa shape index (κ1) is 11.7. The molecule has 98 valence electrons. The molecule has 1 aromatic rings. The van der Waals surface area contributed by atoms with Crippen molar-refractivity contribution in [2.75, 3.05) is 0 Å². The second kappa shape index (κ2) is 4.39. The molecule has 2 fully saturated rings. The van der Waals surface area contributed by atoms with Crippen LogP contribution in [0.1, 0.15) is 25.0 Å². The maximum atomic E-state index is 11.4. The van der Waals surface area contributed by atoms with Gasteiger partial charge in [0.2, 0.25) is 0 Å². The number of rotatable bonds is 4. The fraction of sp³-hybridized carbons (Fsp3) is 0.692. The number of hydrogen-bond acceptors (Lipinski definition) is 3. The molecule has 4 unspecified atom stereocenters. The molecule has 0 aliphatic heterocycles. The zero-order chi connectivity index (χ0) is 12.7. The number of fused-ring (bicyclic) bond motifs is 2. The molecule has 4 atom stereocenters. The average Bonchev–Trinajstić information content (AvgIpc) is 3.00. The highest BCUT2D eigenvalue weighted by Crippen LogP contribution is 2.48. The third-order valence-electron chi connectivity index (χ3n) is 4.49. The van der Waals surface area contributed by atoms with E-state index in [0.717, 1.165) is 18.5 Å². The van der Waals surface area contributed by atoms with Crippen molar-refractivity contribution >= 4 is 5.97 Å². The minimum Gasteiger partial charge on any atom is -0.481 e. The summed E-state index contributed by atoms with van der Waals surface area (Å²) in [5, 5.41) is 17.1. The van der Waals surface area contributed by atoms with E-state index in [1.165, 1.54) is 6.42 Å². The van der Waals surface area contributed by atoms with Crippen molar-refractivity contribution in [2.24, 2.45) is 24.8 Å². The Bertz CT molecular complexity index is 457. The fourth-order valence-electron chi connectivity index (χ4n) is 3.72. The summed E-state index contributed by atoms with van der Waals surface area (Å²) in [7, 11) is 1.89. The van der Waals surface area contributed by atoms with E-state index in [1.54, 1.807) is 4.68 Å². The van der Waals surface area contributed by atoms with E-state index in [9.17, 15) is 9.90 Å². The lowest BCUT2D eigenvalue weighted by Gasteiger charge is -2.28. The molecule has 0 spiro atoms. The lowest BCUT2D eigenvalue weighted by atomic mass is 9.84. The fourth-order valence-corrected chi connectivity index (χ4v) is 3.72. The van der Waals surface area contributed by atoms with Crippen LogP contribution in [-0.2, 0) is 18.4 Å². The number of nitrogens with one attached hydrogen (secondary N) is 1. The summed E-state index contributed by atoms with van der Waals surface area (Å²) < 4.78 is 1.77. The first-order chi connectivity index (χ1) is 8.65. The van der Waals surface area contributed by atoms with Gasteiger partial charge in [0, 0.05) is 25.8 Å². The number of hydrogen-bond donors (Lipinski definition) is 2. The zero-order valence-corrected chi connectivity index (χ0v) is 10.5. The smallest absolute Gasteiger partial charge is 0.308 e. The van der Waals surface area contributed by atoms with Gasteiger partial charge in [0.15, 0.2) is 0 Å². The number of carbonyl (C=O) groups is 1. The Morgan fingerprint density at radius 1 is 1.56 bits per heavy atom. The van der Waals surface area contributed by atoms with Crippen molar-refractivity contribution in [1.82, 2.24) is 15.1 Å². The quantitative estimate of drug-likeness (QED) is 0.835. The van der Waals surface area contributed by atoms with Gasteiger partial charge in [-0.15, -0.1) is 0 Å². The van der Waals surface area contributed by atoms with Crippen LogP contribution in [-0.4, -0.2) is 26.9 Å². The van der Waals surface area contributed by atoms with Gasteiger partial charge >= 0.3 is 5.97 Å². The van der Waals surface area contributed by atoms with Gasteiger partial charge in [0.25, 0.3) is 0 Å². The molecule has 2 bridgehead atoms. The molecule has 2 aliphatic rings. The van der Waals surface area contributed by atoms with Gasteiger partial charge in [0.05, 0.1) is 11.6 Å². The molecule has 18 heavy (non-hydrogen) atoms. The average molecular weight is 249 g/mol. The highest BCUT2D eigenvalue weighted by Gasteiger charge is 2.50. The SMILES string of the molecule is Cn1ccc(CNC2C3CCC(C3)C2C(=O)O)n1. The number of carboxylic acids is 1. The van der Waals surface area contributed by atoms with Crippen LogP contribution in [0.5, 0.6) is 0 Å². The van der Waals surface area contributed by atoms with Crippen molar-refractivity contribution in [2.45, 2.75) is 31.8 Å². The Balaban J connectivity index is 1.66. The first-order valence-corrected chi connectivity index (χ1v) is 6.60. The Hall–Kier alpha value is -1.36. The summed E-state index contributed by atoms with van der Waals surface area (Å²) in [6.45, 7) is 0.665. The second-order valence-electron chi connectivity index (χ2n) is 5.58. The summed E-state index contributed by atoms with van der Waals surface area (Å²) >= 11 is 0. The van der Waals surface area contributed by atoms with Crippen LogP contribution in [0.15, 0.2) is 12.3 Å². The van der Waals surface area contributed by atoms with E-state index in [4.69, 9.17) is 0 Å². The Morgan fingerprint density at radius 2 is 2.33 bits per heavy atom. The summed E-state index contributed by atoms with van der Waals surface area (Å²) in [6.07, 6.45) is 5.25. The van der Waals surface area contributed by atoms with Gasteiger partial charge in [-0.05, 0) is 37.2 Å². The van der Waals surface area contributed by atoms with Crippen molar-refractivity contribution in [3.05, 3.63) is 18.0 Å². The molecular formula is C13H19N3O2. The van der Waals surface area contributed by atoms with Crippen molar-refractivity contribution < 1.29 is 9.90 Å².